The molecule has 2 aromatic carbocycles. The molecule has 192 valence electrons. The molecule has 1 N–H and O–H groups in total. The van der Waals surface area contributed by atoms with Crippen molar-refractivity contribution in [2.75, 3.05) is 14.2 Å². The summed E-state index contributed by atoms with van der Waals surface area (Å²) in [6, 6.07) is 24.4. The molecular weight excluding hydrogens is 494 g/mol. The normalized spacial score (nSPS) is 14.7. The number of para-hydroxylation sites is 1. The molecule has 0 fully saturated rings. The number of thiazole rings is 1. The van der Waals surface area contributed by atoms with Crippen LogP contribution in [0.3, 0.4) is 0 Å². The molecule has 1 aliphatic heterocycles. The van der Waals surface area contributed by atoms with Gasteiger partial charge in [-0.2, -0.15) is 0 Å². The van der Waals surface area contributed by atoms with E-state index >= 15 is 0 Å². The molecule has 7 nitrogen and oxygen atoms in total. The van der Waals surface area contributed by atoms with Crippen molar-refractivity contribution in [1.29, 1.82) is 0 Å². The van der Waals surface area contributed by atoms with Crippen molar-refractivity contribution in [2.24, 2.45) is 0 Å². The largest absolute Gasteiger partial charge is 0.504 e. The monoisotopic (exact) mass is 523 g/mol. The Hall–Kier alpha value is -3.85. The number of benzene rings is 2. The molecule has 38 heavy (non-hydrogen) atoms. The van der Waals surface area contributed by atoms with Gasteiger partial charge in [0.1, 0.15) is 5.01 Å². The Morgan fingerprint density at radius 3 is 2.08 bits per heavy atom. The van der Waals surface area contributed by atoms with E-state index in [1.165, 1.54) is 0 Å². The van der Waals surface area contributed by atoms with Crippen LogP contribution < -0.4 is 4.74 Å². The van der Waals surface area contributed by atoms with Crippen molar-refractivity contribution in [1.82, 2.24) is 24.8 Å². The lowest BCUT2D eigenvalue weighted by Crippen LogP contribution is -2.26. The first-order chi connectivity index (χ1) is 18.5. The van der Waals surface area contributed by atoms with Crippen molar-refractivity contribution >= 4 is 21.6 Å². The van der Waals surface area contributed by atoms with Gasteiger partial charge in [0.25, 0.3) is 0 Å². The van der Waals surface area contributed by atoms with Crippen molar-refractivity contribution in [2.45, 2.75) is 32.7 Å². The zero-order chi connectivity index (χ0) is 26.1. The second kappa shape index (κ2) is 10.5. The number of aromatic nitrogens is 3. The first-order valence-electron chi connectivity index (χ1n) is 12.6. The number of phenolic OH excluding ortho intramolecular Hbond substituents is 1. The summed E-state index contributed by atoms with van der Waals surface area (Å²) < 4.78 is 6.71. The number of pyridine rings is 2. The summed E-state index contributed by atoms with van der Waals surface area (Å²) in [5.74, 6) is 0.586. The first-order valence-corrected chi connectivity index (χ1v) is 13.4. The van der Waals surface area contributed by atoms with Gasteiger partial charge < -0.3 is 9.84 Å². The van der Waals surface area contributed by atoms with Crippen LogP contribution in [-0.4, -0.2) is 44.0 Å². The van der Waals surface area contributed by atoms with E-state index in [2.05, 4.69) is 59.3 Å². The van der Waals surface area contributed by atoms with Gasteiger partial charge in [0.05, 0.1) is 40.1 Å². The highest BCUT2D eigenvalue weighted by Gasteiger charge is 2.19. The van der Waals surface area contributed by atoms with E-state index in [-0.39, 0.29) is 5.75 Å². The predicted molar refractivity (Wildman–Crippen MR) is 150 cm³/mol. The van der Waals surface area contributed by atoms with Crippen LogP contribution in [0.25, 0.3) is 20.8 Å². The van der Waals surface area contributed by atoms with Crippen LogP contribution in [0.2, 0.25) is 0 Å². The molecule has 6 rings (SSSR count). The van der Waals surface area contributed by atoms with Crippen LogP contribution in [0.1, 0.15) is 28.3 Å². The lowest BCUT2D eigenvalue weighted by Gasteiger charge is -2.25. The third-order valence-electron chi connectivity index (χ3n) is 6.67. The summed E-state index contributed by atoms with van der Waals surface area (Å²) >= 11 is 1.63. The molecule has 0 spiro atoms. The van der Waals surface area contributed by atoms with Crippen molar-refractivity contribution in [3.05, 3.63) is 101 Å². The van der Waals surface area contributed by atoms with Crippen LogP contribution in [0.5, 0.6) is 11.5 Å². The number of aromatic hydroxyl groups is 1. The van der Waals surface area contributed by atoms with Crippen LogP contribution in [-0.2, 0) is 32.7 Å². The van der Waals surface area contributed by atoms with Crippen molar-refractivity contribution in [3.8, 4) is 22.1 Å². The number of rotatable bonds is 4. The Balaban J connectivity index is 1.38. The summed E-state index contributed by atoms with van der Waals surface area (Å²) in [6.45, 7) is 3.25. The lowest BCUT2D eigenvalue weighted by atomic mass is 10.1. The molecule has 0 saturated heterocycles. The highest BCUT2D eigenvalue weighted by atomic mass is 32.1. The highest BCUT2D eigenvalue weighted by molar-refractivity contribution is 7.21. The Morgan fingerprint density at radius 1 is 0.816 bits per heavy atom. The molecule has 4 bridgehead atoms. The second-order valence-corrected chi connectivity index (χ2v) is 10.8. The maximum Gasteiger partial charge on any atom is 0.162 e. The minimum Gasteiger partial charge on any atom is -0.504 e. The Kier molecular flexibility index (Phi) is 6.76. The number of fused-ring (bicyclic) bond motifs is 5. The lowest BCUT2D eigenvalue weighted by molar-refractivity contribution is 0.234. The molecule has 5 aromatic rings. The third-order valence-corrected chi connectivity index (χ3v) is 7.76. The van der Waals surface area contributed by atoms with Gasteiger partial charge in [-0.05, 0) is 55.6 Å². The SMILES string of the molecule is COc1cc(-c2nc3ccccc3s2)cc(CN2Cc3cccc(n3)CN(C)Cc3cccc(n3)C2)c1O. The van der Waals surface area contributed by atoms with Crippen LogP contribution >= 0.6 is 11.3 Å². The minimum absolute atomic E-state index is 0.147. The Bertz CT molecular complexity index is 1520. The van der Waals surface area contributed by atoms with Gasteiger partial charge in [0, 0.05) is 43.9 Å². The van der Waals surface area contributed by atoms with Crippen LogP contribution in [0.15, 0.2) is 72.8 Å². The molecule has 4 heterocycles. The van der Waals surface area contributed by atoms with Gasteiger partial charge in [-0.3, -0.25) is 19.8 Å². The minimum atomic E-state index is 0.147. The molecule has 0 atom stereocenters. The first kappa shape index (κ1) is 24.5. The summed E-state index contributed by atoms with van der Waals surface area (Å²) in [4.78, 5) is 19.2. The van der Waals surface area contributed by atoms with E-state index in [9.17, 15) is 5.11 Å². The summed E-state index contributed by atoms with van der Waals surface area (Å²) in [5.41, 5.74) is 6.70. The Labute approximate surface area is 226 Å². The predicted octanol–water partition coefficient (Wildman–Crippen LogP) is 5.62. The molecule has 8 heteroatoms. The molecule has 3 aromatic heterocycles. The molecule has 0 radical (unpaired) electrons. The smallest absolute Gasteiger partial charge is 0.162 e. The van der Waals surface area contributed by atoms with Crippen molar-refractivity contribution in [3.63, 3.8) is 0 Å². The van der Waals surface area contributed by atoms with Gasteiger partial charge in [-0.25, -0.2) is 4.98 Å². The van der Waals surface area contributed by atoms with E-state index < -0.39 is 0 Å². The molecule has 0 aliphatic carbocycles. The average Bonchev–Trinajstić information content (AvgIpc) is 3.34. The van der Waals surface area contributed by atoms with E-state index in [0.717, 1.165) is 62.2 Å². The summed E-state index contributed by atoms with van der Waals surface area (Å²) in [6.07, 6.45) is 0. The van der Waals surface area contributed by atoms with Crippen molar-refractivity contribution < 1.29 is 9.84 Å². The van der Waals surface area contributed by atoms with Gasteiger partial charge >= 0.3 is 0 Å². The standard InChI is InChI=1S/C30H29N5O2S/c1-34-16-22-7-5-9-24(31-22)18-35(19-25-10-6-8-23(17-34)32-25)15-21-13-20(14-27(37-2)29(21)36)30-33-26-11-3-4-12-28(26)38-30/h3-14,36H,15-19H2,1-2H3. The topological polar surface area (TPSA) is 74.6 Å². The zero-order valence-corrected chi connectivity index (χ0v) is 22.3. The molecular formula is C30H29N5O2S. The fourth-order valence-electron chi connectivity index (χ4n) is 4.95. The quantitative estimate of drug-likeness (QED) is 0.328. The molecule has 0 unspecified atom stereocenters. The highest BCUT2D eigenvalue weighted by Crippen LogP contribution is 2.39. The molecule has 0 saturated carbocycles. The van der Waals surface area contributed by atoms with Gasteiger partial charge in [0.15, 0.2) is 11.5 Å². The van der Waals surface area contributed by atoms with Gasteiger partial charge in [-0.15, -0.1) is 11.3 Å². The van der Waals surface area contributed by atoms with Crippen LogP contribution in [0, 0.1) is 0 Å². The van der Waals surface area contributed by atoms with E-state index in [1.807, 2.05) is 30.3 Å². The maximum atomic E-state index is 11.1. The fraction of sp³-hybridized carbons (Fsp3) is 0.233. The number of nitrogens with zero attached hydrogens (tertiary/aromatic N) is 5. The molecule has 1 aliphatic rings. The van der Waals surface area contributed by atoms with E-state index in [0.29, 0.717) is 25.4 Å². The van der Waals surface area contributed by atoms with Gasteiger partial charge in [0.2, 0.25) is 0 Å². The number of phenols is 1. The number of ether oxygens (including phenoxy) is 1. The third kappa shape index (κ3) is 5.24. The Morgan fingerprint density at radius 2 is 1.45 bits per heavy atom. The number of methoxy groups -OCH3 is 1. The second-order valence-electron chi connectivity index (χ2n) is 9.73. The van der Waals surface area contributed by atoms with Crippen LogP contribution in [0.4, 0.5) is 0 Å². The summed E-state index contributed by atoms with van der Waals surface area (Å²) in [5, 5.41) is 12.0. The summed E-state index contributed by atoms with van der Waals surface area (Å²) in [7, 11) is 3.68. The number of hydrogen-bond donors (Lipinski definition) is 1. The number of hydrogen-bond acceptors (Lipinski definition) is 8. The van der Waals surface area contributed by atoms with E-state index in [1.54, 1.807) is 18.4 Å². The average molecular weight is 524 g/mol. The zero-order valence-electron chi connectivity index (χ0n) is 21.5. The maximum absolute atomic E-state index is 11.1. The van der Waals surface area contributed by atoms with E-state index in [4.69, 9.17) is 19.7 Å². The molecule has 0 amide bonds. The van der Waals surface area contributed by atoms with Gasteiger partial charge in [-0.1, -0.05) is 24.3 Å². The fourth-order valence-corrected chi connectivity index (χ4v) is 5.90.